The first-order valence-corrected chi connectivity index (χ1v) is 34.3. The number of hydrogen-bond acceptors (Lipinski definition) is 31. The summed E-state index contributed by atoms with van der Waals surface area (Å²) in [6, 6.07) is 12.0. The van der Waals surface area contributed by atoms with Crippen molar-refractivity contribution in [2.45, 2.75) is 82.5 Å². The van der Waals surface area contributed by atoms with Crippen LogP contribution in [-0.4, -0.2) is 322 Å². The van der Waals surface area contributed by atoms with E-state index in [1.807, 2.05) is 0 Å². The minimum Gasteiger partial charge on any atom is -0.481 e. The first-order valence-electron chi connectivity index (χ1n) is 34.3. The lowest BCUT2D eigenvalue weighted by molar-refractivity contribution is -0.191. The summed E-state index contributed by atoms with van der Waals surface area (Å²) in [5, 5.41) is 243. The van der Waals surface area contributed by atoms with Crippen molar-refractivity contribution in [3.05, 3.63) is 105 Å². The Labute approximate surface area is 706 Å². The second-order valence-electron chi connectivity index (χ2n) is 26.2. The summed E-state index contributed by atoms with van der Waals surface area (Å²) in [6.07, 6.45) is -4.18. The average molecular weight is 1840 g/mol. The maximum absolute atomic E-state index is 11.3. The molecule has 57 nitrogen and oxygen atoms in total. The van der Waals surface area contributed by atoms with Crippen LogP contribution >= 0.6 is 0 Å². The molecule has 4 fully saturated rings. The lowest BCUT2D eigenvalue weighted by atomic mass is 9.56. The van der Waals surface area contributed by atoms with E-state index in [9.17, 15) is 125 Å². The zero-order chi connectivity index (χ0) is 100. The van der Waals surface area contributed by atoms with Crippen molar-refractivity contribution in [1.29, 1.82) is 0 Å². The second kappa shape index (κ2) is 51.2. The Bertz CT molecular complexity index is 4370. The molecule has 4 atom stereocenters. The molecule has 1 saturated heterocycles. The molecule has 4 aliphatic rings. The number of carboxylic acids is 26. The van der Waals surface area contributed by atoms with Gasteiger partial charge in [-0.2, -0.15) is 5.26 Å². The van der Waals surface area contributed by atoms with Crippen LogP contribution in [0.2, 0.25) is 0 Å². The summed E-state index contributed by atoms with van der Waals surface area (Å²) >= 11 is 0. The van der Waals surface area contributed by atoms with Crippen LogP contribution in [0.5, 0.6) is 0 Å². The third kappa shape index (κ3) is 35.0. The Morgan fingerprint density at radius 2 is 0.508 bits per heavy atom. The standard InChI is InChI=1S/C12H12O12.C10H6O8.C9H6O7.C9H12O6.C8H8O9.C8H12O4.C7H6O2.C6H8O7.C2H4O2/c13-7(14)1-2(8(15)16)4(10(19)20)6(12(23)24)5(11(21)22)3(1)9(17)18;11-7(12)3-1-4(8(13)14)6(10(17)18)2-5(3)9(15)16;10-7(11)4-1-5(8(12)13)3-6(2-4)9(14)16-15;10-7(11)4-1-5(8(12)13)3-6(2-4)9(14)15;9-5(10)1-2(6(11)12)4(8(15)16)17-3(1)7(13)14;9-7(10)5-1-2-6(4-3-5)8(11)12;8-7(9)6-4-2-1-3-5-6;7-3(8)1-6(13,5(11)12)2-4(9)10;1-2(3)4/h1-6H,(H,13,14)(H,15,16)(H,17,18)(H,19,20)(H,21,22)(H,23,24);1-2H,(H,11,12)(H,13,14)(H,15,16)(H,17,18);1-3,15H,(H,10,11)(H,12,13);4-6H,1-3H2,(H,10,11)(H,12,13)(H,14,15);1-4H,(H,9,10)(H,11,12)(H,13,14)(H,15,16);5-6H,1-4H2,(H,9,10)(H,11,12);1-5H,(H,8,9);13H,1-2H2,(H,7,8)(H,9,10)(H,11,12);1H3,(H,3,4). The molecule has 1 heterocycles. The number of aliphatic carboxylic acids is 19. The molecule has 700 valence electrons. The predicted molar refractivity (Wildman–Crippen MR) is 387 cm³/mol. The highest BCUT2D eigenvalue weighted by atomic mass is 17.1. The van der Waals surface area contributed by atoms with Crippen LogP contribution in [0.25, 0.3) is 0 Å². The van der Waals surface area contributed by atoms with Gasteiger partial charge in [0.1, 0.15) is 11.8 Å². The van der Waals surface area contributed by atoms with Gasteiger partial charge in [-0.05, 0) is 87.4 Å². The van der Waals surface area contributed by atoms with Crippen LogP contribution in [0.3, 0.4) is 0 Å². The van der Waals surface area contributed by atoms with Gasteiger partial charge in [-0.15, -0.1) is 0 Å². The van der Waals surface area contributed by atoms with Gasteiger partial charge in [0.25, 0.3) is 5.97 Å². The zero-order valence-corrected chi connectivity index (χ0v) is 64.2. The van der Waals surface area contributed by atoms with Crippen LogP contribution in [0, 0.1) is 76.9 Å². The minimum absolute atomic E-state index is 0.0223. The third-order valence-corrected chi connectivity index (χ3v) is 17.7. The summed E-state index contributed by atoms with van der Waals surface area (Å²) in [5.74, 6) is -63.2. The van der Waals surface area contributed by atoms with Gasteiger partial charge in [0, 0.05) is 6.92 Å². The number of carboxylic acid groups (broad SMARTS) is 26. The number of carbonyl (C=O) groups is 27. The van der Waals surface area contributed by atoms with Crippen molar-refractivity contribution in [1.82, 2.24) is 0 Å². The molecule has 7 rings (SSSR count). The normalized spacial score (nSPS) is 21.2. The molecule has 3 saturated carbocycles. The van der Waals surface area contributed by atoms with Crippen LogP contribution in [0.1, 0.15) is 148 Å². The molecule has 0 bridgehead atoms. The Morgan fingerprint density at radius 1 is 0.289 bits per heavy atom. The highest BCUT2D eigenvalue weighted by molar-refractivity contribution is 6.09. The molecule has 128 heavy (non-hydrogen) atoms. The summed E-state index contributed by atoms with van der Waals surface area (Å²) in [6.45, 7) is 1.08. The monoisotopic (exact) mass is 1840 g/mol. The van der Waals surface area contributed by atoms with Gasteiger partial charge in [0.05, 0.1) is 122 Å². The van der Waals surface area contributed by atoms with Crippen LogP contribution in [0.4, 0.5) is 0 Å². The van der Waals surface area contributed by atoms with Gasteiger partial charge < -0.3 is 143 Å². The van der Waals surface area contributed by atoms with E-state index < -0.39 is 279 Å². The molecule has 0 radical (unpaired) electrons. The fourth-order valence-corrected chi connectivity index (χ4v) is 12.0. The Morgan fingerprint density at radius 3 is 0.664 bits per heavy atom. The molecule has 28 N–H and O–H groups in total. The summed E-state index contributed by atoms with van der Waals surface area (Å²) in [7, 11) is 0. The molecule has 3 aliphatic carbocycles. The van der Waals surface area contributed by atoms with Crippen LogP contribution in [-0.2, 0) is 101 Å². The number of aliphatic hydroxyl groups is 1. The maximum Gasteiger partial charge on any atom is 0.372 e. The Balaban J connectivity index is 0. The number of rotatable bonds is 28. The smallest absolute Gasteiger partial charge is 0.372 e. The maximum atomic E-state index is 11.3. The molecule has 0 aromatic heterocycles. The SMILES string of the molecule is CC(=O)O.O=C(O)C1C(C(=O)O)C(C(=O)O)C(C(=O)O)C(C(=O)O)C1C(=O)O.O=C(O)C1CC(C(=O)O)CC(C(=O)O)C1.O=C(O)C1CCC(C(=O)O)CC1.O=C(O)C1OC(C(=O)O)C(C(=O)O)C1C(=O)O.O=C(O)CC(O)(CC(=O)O)C(=O)O.O=C(O)c1cc(C(=O)O)c(C(=O)O)cc1C(=O)O.O=C(O)c1cc(C(=O)O)cc(C(=O)OO)c1.O=C(O)c1ccccc1. The second-order valence-corrected chi connectivity index (χ2v) is 26.2. The van der Waals surface area contributed by atoms with Gasteiger partial charge in [-0.25, -0.2) is 52.7 Å². The highest BCUT2D eigenvalue weighted by Gasteiger charge is 2.65. The van der Waals surface area contributed by atoms with Gasteiger partial charge >= 0.3 is 155 Å². The average Bonchev–Trinajstić information content (AvgIpc) is 1.10. The fourth-order valence-electron chi connectivity index (χ4n) is 12.0. The van der Waals surface area contributed by atoms with Crippen molar-refractivity contribution in [3.63, 3.8) is 0 Å². The van der Waals surface area contributed by atoms with E-state index in [0.29, 0.717) is 43.4 Å². The number of carbonyl (C=O) groups excluding carboxylic acids is 1. The molecule has 57 heteroatoms. The molecule has 3 aromatic rings. The lowest BCUT2D eigenvalue weighted by Crippen LogP contribution is -2.59. The highest BCUT2D eigenvalue weighted by Crippen LogP contribution is 2.48. The van der Waals surface area contributed by atoms with E-state index in [0.717, 1.165) is 25.1 Å². The first-order chi connectivity index (χ1) is 58.7. The van der Waals surface area contributed by atoms with Crippen molar-refractivity contribution in [3.8, 4) is 0 Å². The molecule has 1 aliphatic heterocycles. The molecule has 0 amide bonds. The molecular weight excluding hydrogens is 1760 g/mol. The van der Waals surface area contributed by atoms with E-state index in [1.165, 1.54) is 0 Å². The molecule has 3 aromatic carbocycles. The van der Waals surface area contributed by atoms with E-state index in [4.69, 9.17) is 148 Å². The Hall–Kier alpha value is -16.8. The van der Waals surface area contributed by atoms with E-state index in [2.05, 4.69) is 9.62 Å². The van der Waals surface area contributed by atoms with E-state index in [-0.39, 0.29) is 47.8 Å². The Kier molecular flexibility index (Phi) is 45.3. The quantitative estimate of drug-likeness (QED) is 0.0312. The number of hydrogen-bond donors (Lipinski definition) is 28. The van der Waals surface area contributed by atoms with Gasteiger partial charge in [0.2, 0.25) is 0 Å². The van der Waals surface area contributed by atoms with Crippen molar-refractivity contribution in [2.24, 2.45) is 76.9 Å². The predicted octanol–water partition coefficient (Wildman–Crippen LogP) is -0.817. The fraction of sp³-hybridized carbons (Fsp3) is 0.366. The zero-order valence-electron chi connectivity index (χ0n) is 64.2. The van der Waals surface area contributed by atoms with Crippen LogP contribution < -0.4 is 0 Å². The molecule has 0 spiro atoms. The molecule has 4 unspecified atom stereocenters. The number of benzene rings is 3. The van der Waals surface area contributed by atoms with Crippen LogP contribution in [0.15, 0.2) is 60.7 Å². The number of aromatic carboxylic acids is 7. The first kappa shape index (κ1) is 113. The topological polar surface area (TPSA) is 1050 Å². The minimum atomic E-state index is -2.74. The molecular formula is C71H74O57. The summed E-state index contributed by atoms with van der Waals surface area (Å²) in [5.41, 5.74) is -6.69. The largest absolute Gasteiger partial charge is 0.481 e. The van der Waals surface area contributed by atoms with Gasteiger partial charge in [-0.3, -0.25) is 81.6 Å². The van der Waals surface area contributed by atoms with Crippen molar-refractivity contribution in [2.75, 3.05) is 0 Å². The summed E-state index contributed by atoms with van der Waals surface area (Å²) in [4.78, 5) is 292. The van der Waals surface area contributed by atoms with Crippen molar-refractivity contribution < 1.29 is 282 Å². The van der Waals surface area contributed by atoms with Gasteiger partial charge in [-0.1, -0.05) is 18.2 Å². The summed E-state index contributed by atoms with van der Waals surface area (Å²) < 4.78 is 4.47. The van der Waals surface area contributed by atoms with E-state index in [1.54, 1.807) is 30.3 Å². The van der Waals surface area contributed by atoms with Crippen molar-refractivity contribution >= 4 is 161 Å². The van der Waals surface area contributed by atoms with Gasteiger partial charge in [0.15, 0.2) is 17.8 Å². The lowest BCUT2D eigenvalue weighted by Gasteiger charge is -2.42. The number of ether oxygens (including phenoxy) is 1. The van der Waals surface area contributed by atoms with E-state index >= 15 is 0 Å². The third-order valence-electron chi connectivity index (χ3n) is 17.7.